The molecule has 0 aromatic carbocycles. The number of hydrogen-bond donors (Lipinski definition) is 0. The monoisotopic (exact) mass is 305 g/mol. The highest BCUT2D eigenvalue weighted by Crippen LogP contribution is 2.38. The van der Waals surface area contributed by atoms with E-state index in [9.17, 15) is 22.0 Å². The standard InChI is InChI=1S/C8H5BrF5NO/c1-16-7-5(9)3(6(10)11)2-4(15-7)8(12,13)14/h2,6H,1H3. The minimum atomic E-state index is -4.79. The van der Waals surface area contributed by atoms with Crippen molar-refractivity contribution >= 4 is 15.9 Å². The Kier molecular flexibility index (Phi) is 3.72. The van der Waals surface area contributed by atoms with Gasteiger partial charge < -0.3 is 4.74 Å². The van der Waals surface area contributed by atoms with Crippen molar-refractivity contribution in [1.29, 1.82) is 0 Å². The molecule has 0 aliphatic carbocycles. The van der Waals surface area contributed by atoms with Crippen molar-refractivity contribution in [2.24, 2.45) is 0 Å². The van der Waals surface area contributed by atoms with Crippen LogP contribution in [0.3, 0.4) is 0 Å². The Balaban J connectivity index is 3.40. The van der Waals surface area contributed by atoms with E-state index >= 15 is 0 Å². The van der Waals surface area contributed by atoms with Crippen LogP contribution >= 0.6 is 15.9 Å². The van der Waals surface area contributed by atoms with Crippen LogP contribution in [0.2, 0.25) is 0 Å². The second kappa shape index (κ2) is 4.52. The lowest BCUT2D eigenvalue weighted by molar-refractivity contribution is -0.141. The molecule has 90 valence electrons. The van der Waals surface area contributed by atoms with Gasteiger partial charge in [-0.2, -0.15) is 13.2 Å². The molecule has 0 fully saturated rings. The molecule has 0 atom stereocenters. The maximum absolute atomic E-state index is 12.4. The van der Waals surface area contributed by atoms with Crippen LogP contribution in [0.15, 0.2) is 10.5 Å². The van der Waals surface area contributed by atoms with Gasteiger partial charge in [-0.25, -0.2) is 13.8 Å². The summed E-state index contributed by atoms with van der Waals surface area (Å²) in [5.74, 6) is -0.523. The zero-order valence-corrected chi connectivity index (χ0v) is 9.36. The first kappa shape index (κ1) is 13.1. The van der Waals surface area contributed by atoms with Gasteiger partial charge in [0, 0.05) is 5.56 Å². The summed E-state index contributed by atoms with van der Waals surface area (Å²) in [7, 11) is 1.04. The first-order valence-corrected chi connectivity index (χ1v) is 4.66. The fourth-order valence-electron chi connectivity index (χ4n) is 0.964. The Morgan fingerprint density at radius 3 is 2.31 bits per heavy atom. The topological polar surface area (TPSA) is 22.1 Å². The van der Waals surface area contributed by atoms with E-state index in [1.807, 2.05) is 0 Å². The van der Waals surface area contributed by atoms with E-state index < -0.39 is 29.7 Å². The third-order valence-corrected chi connectivity index (χ3v) is 2.47. The number of nitrogens with zero attached hydrogens (tertiary/aromatic N) is 1. The summed E-state index contributed by atoms with van der Waals surface area (Å²) in [6.07, 6.45) is -7.84. The van der Waals surface area contributed by atoms with Gasteiger partial charge in [0.15, 0.2) is 0 Å². The van der Waals surface area contributed by atoms with Crippen molar-refractivity contribution < 1.29 is 26.7 Å². The largest absolute Gasteiger partial charge is 0.480 e. The fraction of sp³-hybridized carbons (Fsp3) is 0.375. The molecule has 1 rings (SSSR count). The third-order valence-electron chi connectivity index (χ3n) is 1.67. The molecule has 1 aromatic rings. The Hall–Kier alpha value is -0.920. The molecule has 8 heteroatoms. The van der Waals surface area contributed by atoms with Crippen molar-refractivity contribution in [1.82, 2.24) is 4.98 Å². The molecule has 0 spiro atoms. The molecular formula is C8H5BrF5NO. The summed E-state index contributed by atoms with van der Waals surface area (Å²) in [6, 6.07) is 0.289. The first-order valence-electron chi connectivity index (χ1n) is 3.87. The van der Waals surface area contributed by atoms with Crippen LogP contribution in [-0.2, 0) is 6.18 Å². The van der Waals surface area contributed by atoms with Gasteiger partial charge in [-0.05, 0) is 22.0 Å². The van der Waals surface area contributed by atoms with Gasteiger partial charge in [-0.3, -0.25) is 0 Å². The van der Waals surface area contributed by atoms with Gasteiger partial charge in [0.1, 0.15) is 5.69 Å². The van der Waals surface area contributed by atoms with Crippen LogP contribution < -0.4 is 4.74 Å². The van der Waals surface area contributed by atoms with E-state index in [1.54, 1.807) is 0 Å². The fourth-order valence-corrected chi connectivity index (χ4v) is 1.50. The average molecular weight is 306 g/mol. The summed E-state index contributed by atoms with van der Waals surface area (Å²) >= 11 is 2.71. The molecule has 2 nitrogen and oxygen atoms in total. The lowest BCUT2D eigenvalue weighted by Gasteiger charge is -2.12. The Morgan fingerprint density at radius 2 is 1.94 bits per heavy atom. The molecule has 0 aliphatic heterocycles. The normalized spacial score (nSPS) is 12.0. The molecular weight excluding hydrogens is 301 g/mol. The summed E-state index contributed by atoms with van der Waals surface area (Å²) in [5, 5.41) is 0. The highest BCUT2D eigenvalue weighted by molar-refractivity contribution is 9.10. The van der Waals surface area contributed by atoms with Gasteiger partial charge in [0.2, 0.25) is 5.88 Å². The van der Waals surface area contributed by atoms with Crippen LogP contribution in [0.1, 0.15) is 17.7 Å². The molecule has 0 saturated heterocycles. The maximum atomic E-state index is 12.4. The maximum Gasteiger partial charge on any atom is 0.433 e. The average Bonchev–Trinajstić information content (AvgIpc) is 2.15. The van der Waals surface area contributed by atoms with Crippen molar-refractivity contribution in [2.45, 2.75) is 12.6 Å². The molecule has 0 N–H and O–H groups in total. The zero-order valence-electron chi connectivity index (χ0n) is 7.78. The molecule has 16 heavy (non-hydrogen) atoms. The molecule has 0 unspecified atom stereocenters. The molecule has 0 amide bonds. The Labute approximate surface area is 95.6 Å². The molecule has 1 heterocycles. The van der Waals surface area contributed by atoms with Crippen molar-refractivity contribution in [2.75, 3.05) is 7.11 Å². The summed E-state index contributed by atoms with van der Waals surface area (Å²) < 4.78 is 66.0. The number of halogens is 6. The van der Waals surface area contributed by atoms with Crippen molar-refractivity contribution in [3.8, 4) is 5.88 Å². The molecule has 1 aromatic heterocycles. The van der Waals surface area contributed by atoms with Gasteiger partial charge in [0.25, 0.3) is 6.43 Å². The lowest BCUT2D eigenvalue weighted by Crippen LogP contribution is -2.10. The number of aromatic nitrogens is 1. The van der Waals surface area contributed by atoms with E-state index in [0.717, 1.165) is 7.11 Å². The molecule has 0 aliphatic rings. The predicted octanol–water partition coefficient (Wildman–Crippen LogP) is 3.81. The van der Waals surface area contributed by atoms with Crippen LogP contribution in [0.4, 0.5) is 22.0 Å². The van der Waals surface area contributed by atoms with E-state index in [2.05, 4.69) is 25.7 Å². The second-order valence-corrected chi connectivity index (χ2v) is 3.51. The molecule has 0 radical (unpaired) electrons. The van der Waals surface area contributed by atoms with Gasteiger partial charge in [-0.15, -0.1) is 0 Å². The van der Waals surface area contributed by atoms with Crippen molar-refractivity contribution in [3.05, 3.63) is 21.8 Å². The SMILES string of the molecule is COc1nc(C(F)(F)F)cc(C(F)F)c1Br. The number of methoxy groups -OCH3 is 1. The Morgan fingerprint density at radius 1 is 1.38 bits per heavy atom. The van der Waals surface area contributed by atoms with Crippen LogP contribution in [0.25, 0.3) is 0 Å². The third kappa shape index (κ3) is 2.60. The minimum Gasteiger partial charge on any atom is -0.480 e. The quantitative estimate of drug-likeness (QED) is 0.775. The predicted molar refractivity (Wildman–Crippen MR) is 48.4 cm³/mol. The number of hydrogen-bond acceptors (Lipinski definition) is 2. The van der Waals surface area contributed by atoms with E-state index in [4.69, 9.17) is 0 Å². The molecule has 0 saturated carbocycles. The molecule has 0 bridgehead atoms. The minimum absolute atomic E-state index is 0.280. The van der Waals surface area contributed by atoms with E-state index in [0.29, 0.717) is 0 Å². The number of rotatable bonds is 2. The lowest BCUT2D eigenvalue weighted by atomic mass is 10.2. The second-order valence-electron chi connectivity index (χ2n) is 2.72. The smallest absolute Gasteiger partial charge is 0.433 e. The highest BCUT2D eigenvalue weighted by atomic mass is 79.9. The van der Waals surface area contributed by atoms with Gasteiger partial charge in [-0.1, -0.05) is 0 Å². The Bertz CT molecular complexity index is 393. The van der Waals surface area contributed by atoms with Gasteiger partial charge >= 0.3 is 6.18 Å². The van der Waals surface area contributed by atoms with Crippen LogP contribution in [0.5, 0.6) is 5.88 Å². The first-order chi connectivity index (χ1) is 7.27. The highest BCUT2D eigenvalue weighted by Gasteiger charge is 2.35. The van der Waals surface area contributed by atoms with Crippen molar-refractivity contribution in [3.63, 3.8) is 0 Å². The van der Waals surface area contributed by atoms with Crippen LogP contribution in [-0.4, -0.2) is 12.1 Å². The summed E-state index contributed by atoms with van der Waals surface area (Å²) in [6.45, 7) is 0. The zero-order chi connectivity index (χ0) is 12.5. The summed E-state index contributed by atoms with van der Waals surface area (Å²) in [4.78, 5) is 3.08. The van der Waals surface area contributed by atoms with E-state index in [-0.39, 0.29) is 10.5 Å². The number of pyridine rings is 1. The summed E-state index contributed by atoms with van der Waals surface area (Å²) in [5.41, 5.74) is -2.22. The number of alkyl halides is 5. The van der Waals surface area contributed by atoms with Gasteiger partial charge in [0.05, 0.1) is 11.6 Å². The van der Waals surface area contributed by atoms with Crippen LogP contribution in [0, 0.1) is 0 Å². The number of ether oxygens (including phenoxy) is 1. The van der Waals surface area contributed by atoms with E-state index in [1.165, 1.54) is 0 Å².